The van der Waals surface area contributed by atoms with Gasteiger partial charge in [-0.2, -0.15) is 5.16 Å². The first-order valence-corrected chi connectivity index (χ1v) is 4.50. The summed E-state index contributed by atoms with van der Waals surface area (Å²) in [7, 11) is 0. The van der Waals surface area contributed by atoms with Crippen LogP contribution in [0.2, 0.25) is 0 Å². The highest BCUT2D eigenvalue weighted by Crippen LogP contribution is 2.09. The van der Waals surface area contributed by atoms with Crippen molar-refractivity contribution in [2.45, 2.75) is 32.4 Å². The lowest BCUT2D eigenvalue weighted by Gasteiger charge is -2.21. The fraction of sp³-hybridized carbons (Fsp3) is 0.667. The fourth-order valence-electron chi connectivity index (χ4n) is 0.965. The van der Waals surface area contributed by atoms with Crippen molar-refractivity contribution in [1.29, 1.82) is 0 Å². The molecule has 0 aliphatic heterocycles. The highest BCUT2D eigenvalue weighted by molar-refractivity contribution is 4.98. The molecule has 80 valence electrons. The van der Waals surface area contributed by atoms with Crippen molar-refractivity contribution in [3.63, 3.8) is 0 Å². The molecule has 0 saturated heterocycles. The van der Waals surface area contributed by atoms with Gasteiger partial charge in [-0.15, -0.1) is 0 Å². The highest BCUT2D eigenvalue weighted by atomic mass is 16.5. The summed E-state index contributed by atoms with van der Waals surface area (Å²) < 4.78 is 4.76. The van der Waals surface area contributed by atoms with Crippen LogP contribution < -0.4 is 10.9 Å². The Balaban J connectivity index is 2.51. The Bertz CT molecular complexity index is 334. The molecule has 0 fully saturated rings. The number of β-amino-alcohol motifs (C(OH)–C–C–N with tert-alkyl or cyclic N) is 1. The molecule has 5 nitrogen and oxygen atoms in total. The zero-order valence-electron chi connectivity index (χ0n) is 8.63. The summed E-state index contributed by atoms with van der Waals surface area (Å²) >= 11 is 0. The molecule has 14 heavy (non-hydrogen) atoms. The second kappa shape index (κ2) is 3.98. The van der Waals surface area contributed by atoms with Gasteiger partial charge in [-0.05, 0) is 20.8 Å². The van der Waals surface area contributed by atoms with Gasteiger partial charge < -0.3 is 14.9 Å². The van der Waals surface area contributed by atoms with Gasteiger partial charge in [0.25, 0.3) is 5.56 Å². The third kappa shape index (κ3) is 3.35. The van der Waals surface area contributed by atoms with Gasteiger partial charge in [-0.1, -0.05) is 0 Å². The standard InChI is InChI=1S/C9H16N2O3/c1-9(2,3)10-5-6(12)7-4-8(13)11-14-7/h4,6,10,12H,5H2,1-3H3,(H,11,13). The lowest BCUT2D eigenvalue weighted by atomic mass is 10.1. The third-order valence-corrected chi connectivity index (χ3v) is 1.70. The average Bonchev–Trinajstić information content (AvgIpc) is 2.46. The first-order chi connectivity index (χ1) is 6.38. The van der Waals surface area contributed by atoms with Crippen molar-refractivity contribution in [1.82, 2.24) is 10.5 Å². The van der Waals surface area contributed by atoms with E-state index in [2.05, 4.69) is 10.5 Å². The summed E-state index contributed by atoms with van der Waals surface area (Å²) in [5.41, 5.74) is -0.410. The molecule has 1 aromatic heterocycles. The summed E-state index contributed by atoms with van der Waals surface area (Å²) in [6, 6.07) is 1.25. The lowest BCUT2D eigenvalue weighted by molar-refractivity contribution is 0.129. The number of aromatic nitrogens is 1. The molecular weight excluding hydrogens is 184 g/mol. The van der Waals surface area contributed by atoms with E-state index >= 15 is 0 Å². The average molecular weight is 200 g/mol. The number of nitrogens with one attached hydrogen (secondary N) is 2. The minimum atomic E-state index is -0.798. The summed E-state index contributed by atoms with van der Waals surface area (Å²) in [6.07, 6.45) is -0.798. The van der Waals surface area contributed by atoms with Gasteiger partial charge in [-0.3, -0.25) is 4.79 Å². The van der Waals surface area contributed by atoms with Gasteiger partial charge in [-0.25, -0.2) is 0 Å². The Morgan fingerprint density at radius 3 is 2.71 bits per heavy atom. The van der Waals surface area contributed by atoms with Crippen molar-refractivity contribution in [3.05, 3.63) is 22.2 Å². The minimum Gasteiger partial charge on any atom is -0.384 e. The second-order valence-electron chi connectivity index (χ2n) is 4.26. The first-order valence-electron chi connectivity index (χ1n) is 4.50. The zero-order valence-corrected chi connectivity index (χ0v) is 8.63. The number of hydrogen-bond acceptors (Lipinski definition) is 4. The molecule has 1 aromatic rings. The van der Waals surface area contributed by atoms with Crippen molar-refractivity contribution < 1.29 is 9.63 Å². The van der Waals surface area contributed by atoms with Crippen molar-refractivity contribution >= 4 is 0 Å². The number of aliphatic hydroxyl groups is 1. The molecule has 0 aliphatic carbocycles. The zero-order chi connectivity index (χ0) is 10.8. The predicted molar refractivity (Wildman–Crippen MR) is 52.0 cm³/mol. The van der Waals surface area contributed by atoms with Crippen LogP contribution in [-0.2, 0) is 0 Å². The molecule has 5 heteroatoms. The van der Waals surface area contributed by atoms with Gasteiger partial charge in [0, 0.05) is 18.2 Å². The van der Waals surface area contributed by atoms with E-state index in [0.717, 1.165) is 0 Å². The number of rotatable bonds is 3. The van der Waals surface area contributed by atoms with Gasteiger partial charge >= 0.3 is 0 Å². The number of H-pyrrole nitrogens is 1. The SMILES string of the molecule is CC(C)(C)NCC(O)c1cc(=O)[nH]o1. The predicted octanol–water partition coefficient (Wildman–Crippen LogP) is 0.389. The van der Waals surface area contributed by atoms with E-state index in [0.29, 0.717) is 6.54 Å². The summed E-state index contributed by atoms with van der Waals surface area (Å²) in [5, 5.41) is 14.8. The Hall–Kier alpha value is -1.07. The van der Waals surface area contributed by atoms with Crippen LogP contribution in [-0.4, -0.2) is 22.3 Å². The van der Waals surface area contributed by atoms with E-state index in [9.17, 15) is 9.90 Å². The second-order valence-corrected chi connectivity index (χ2v) is 4.26. The molecule has 1 unspecified atom stereocenters. The molecule has 0 aliphatic rings. The van der Waals surface area contributed by atoms with E-state index in [-0.39, 0.29) is 16.9 Å². The Labute approximate surface area is 82.1 Å². The van der Waals surface area contributed by atoms with E-state index < -0.39 is 6.10 Å². The van der Waals surface area contributed by atoms with Crippen molar-refractivity contribution in [2.24, 2.45) is 0 Å². The highest BCUT2D eigenvalue weighted by Gasteiger charge is 2.16. The fourth-order valence-corrected chi connectivity index (χ4v) is 0.965. The molecule has 1 atom stereocenters. The first kappa shape index (κ1) is 11.0. The largest absolute Gasteiger partial charge is 0.384 e. The number of aliphatic hydroxyl groups excluding tert-OH is 1. The molecule has 0 aromatic carbocycles. The molecule has 0 saturated carbocycles. The van der Waals surface area contributed by atoms with Crippen molar-refractivity contribution in [2.75, 3.05) is 6.54 Å². The normalized spacial score (nSPS) is 14.3. The van der Waals surface area contributed by atoms with Gasteiger partial charge in [0.1, 0.15) is 6.10 Å². The van der Waals surface area contributed by atoms with Crippen LogP contribution in [0.15, 0.2) is 15.4 Å². The Kier molecular flexibility index (Phi) is 3.13. The lowest BCUT2D eigenvalue weighted by Crippen LogP contribution is -2.38. The van der Waals surface area contributed by atoms with E-state index in [4.69, 9.17) is 4.52 Å². The molecular formula is C9H16N2O3. The number of hydrogen-bond donors (Lipinski definition) is 3. The van der Waals surface area contributed by atoms with Crippen LogP contribution in [0.3, 0.4) is 0 Å². The van der Waals surface area contributed by atoms with Crippen LogP contribution in [0, 0.1) is 0 Å². The topological polar surface area (TPSA) is 78.3 Å². The molecule has 3 N–H and O–H groups in total. The molecule has 1 rings (SSSR count). The third-order valence-electron chi connectivity index (χ3n) is 1.70. The maximum Gasteiger partial charge on any atom is 0.280 e. The van der Waals surface area contributed by atoms with Crippen LogP contribution in [0.5, 0.6) is 0 Å². The van der Waals surface area contributed by atoms with Crippen LogP contribution >= 0.6 is 0 Å². The van der Waals surface area contributed by atoms with E-state index in [1.807, 2.05) is 20.8 Å². The van der Waals surface area contributed by atoms with Gasteiger partial charge in [0.05, 0.1) is 0 Å². The molecule has 0 spiro atoms. The summed E-state index contributed by atoms with van der Waals surface area (Å²) in [6.45, 7) is 6.33. The smallest absolute Gasteiger partial charge is 0.280 e. The number of aromatic amines is 1. The molecule has 1 heterocycles. The molecule has 0 amide bonds. The maximum absolute atomic E-state index is 10.7. The summed E-state index contributed by atoms with van der Waals surface area (Å²) in [4.78, 5) is 10.7. The quantitative estimate of drug-likeness (QED) is 0.659. The monoisotopic (exact) mass is 200 g/mol. The van der Waals surface area contributed by atoms with Crippen LogP contribution in [0.4, 0.5) is 0 Å². The van der Waals surface area contributed by atoms with Crippen LogP contribution in [0.25, 0.3) is 0 Å². The molecule has 0 bridgehead atoms. The molecule has 0 radical (unpaired) electrons. The maximum atomic E-state index is 10.7. The van der Waals surface area contributed by atoms with Gasteiger partial charge in [0.2, 0.25) is 0 Å². The van der Waals surface area contributed by atoms with Crippen molar-refractivity contribution in [3.8, 4) is 0 Å². The van der Waals surface area contributed by atoms with E-state index in [1.54, 1.807) is 0 Å². The summed E-state index contributed by atoms with van der Waals surface area (Å²) in [5.74, 6) is 0.256. The van der Waals surface area contributed by atoms with Crippen LogP contribution in [0.1, 0.15) is 32.6 Å². The Morgan fingerprint density at radius 1 is 1.64 bits per heavy atom. The minimum absolute atomic E-state index is 0.0718. The van der Waals surface area contributed by atoms with Gasteiger partial charge in [0.15, 0.2) is 5.76 Å². The Morgan fingerprint density at radius 2 is 2.29 bits per heavy atom. The van der Waals surface area contributed by atoms with E-state index in [1.165, 1.54) is 6.07 Å².